The lowest BCUT2D eigenvalue weighted by atomic mass is 10.3. The molecule has 1 aromatic rings. The zero-order chi connectivity index (χ0) is 14.5. The molecule has 0 radical (unpaired) electrons. The van der Waals surface area contributed by atoms with Crippen molar-refractivity contribution in [3.8, 4) is 0 Å². The first kappa shape index (κ1) is 15.2. The molecule has 0 spiro atoms. The number of halogens is 3. The Kier molecular flexibility index (Phi) is 5.11. The number of hydrogen-bond acceptors (Lipinski definition) is 3. The predicted molar refractivity (Wildman–Crippen MR) is 62.0 cm³/mol. The second-order valence-electron chi connectivity index (χ2n) is 3.81. The van der Waals surface area contributed by atoms with Crippen molar-refractivity contribution >= 4 is 12.0 Å². The van der Waals surface area contributed by atoms with E-state index in [4.69, 9.17) is 5.11 Å². The zero-order valence-corrected chi connectivity index (χ0v) is 10.3. The molecule has 106 valence electrons. The van der Waals surface area contributed by atoms with Crippen LogP contribution in [0.25, 0.3) is 6.08 Å². The van der Waals surface area contributed by atoms with Crippen molar-refractivity contribution in [3.05, 3.63) is 24.0 Å². The van der Waals surface area contributed by atoms with E-state index in [0.29, 0.717) is 10.6 Å². The summed E-state index contributed by atoms with van der Waals surface area (Å²) in [5.41, 5.74) is 0.587. The minimum atomic E-state index is -4.49. The summed E-state index contributed by atoms with van der Waals surface area (Å²) < 4.78 is 38.2. The maximum Gasteiger partial charge on any atom is 0.406 e. The predicted octanol–water partition coefficient (Wildman–Crippen LogP) is 0.817. The Morgan fingerprint density at radius 2 is 2.26 bits per heavy atom. The van der Waals surface area contributed by atoms with E-state index >= 15 is 0 Å². The van der Waals surface area contributed by atoms with E-state index in [-0.39, 0.29) is 6.54 Å². The number of aliphatic hydroxyl groups excluding tert-OH is 1. The molecule has 5 nitrogen and oxygen atoms in total. The number of amides is 1. The molecular weight excluding hydrogens is 263 g/mol. The summed E-state index contributed by atoms with van der Waals surface area (Å²) in [5, 5.41) is 12.5. The van der Waals surface area contributed by atoms with E-state index in [0.717, 1.165) is 6.08 Å². The Morgan fingerprint density at radius 3 is 2.74 bits per heavy atom. The van der Waals surface area contributed by atoms with Gasteiger partial charge in [-0.15, -0.1) is 0 Å². The highest BCUT2D eigenvalue weighted by Gasteiger charge is 2.32. The van der Waals surface area contributed by atoms with Crippen LogP contribution in [0.2, 0.25) is 0 Å². The van der Waals surface area contributed by atoms with Gasteiger partial charge in [0, 0.05) is 25.9 Å². The molecule has 1 amide bonds. The molecule has 0 saturated carbocycles. The number of aromatic nitrogens is 2. The Labute approximate surface area is 107 Å². The first-order valence-corrected chi connectivity index (χ1v) is 5.46. The highest BCUT2D eigenvalue weighted by atomic mass is 19.4. The number of aryl methyl sites for hydroxylation is 1. The molecule has 0 aliphatic rings. The highest BCUT2D eigenvalue weighted by molar-refractivity contribution is 5.91. The Balaban J connectivity index is 2.72. The number of carbonyl (C=O) groups is 1. The summed E-state index contributed by atoms with van der Waals surface area (Å²) in [6.07, 6.45) is -0.592. The van der Waals surface area contributed by atoms with Crippen LogP contribution in [0.15, 0.2) is 18.3 Å². The van der Waals surface area contributed by atoms with Gasteiger partial charge in [-0.2, -0.15) is 18.3 Å². The maximum absolute atomic E-state index is 12.3. The molecule has 1 N–H and O–H groups in total. The summed E-state index contributed by atoms with van der Waals surface area (Å²) in [5.74, 6) is -0.812. The van der Waals surface area contributed by atoms with Gasteiger partial charge >= 0.3 is 6.18 Å². The molecule has 0 fully saturated rings. The second kappa shape index (κ2) is 6.37. The number of alkyl halides is 3. The van der Waals surface area contributed by atoms with Gasteiger partial charge in [-0.1, -0.05) is 0 Å². The zero-order valence-electron chi connectivity index (χ0n) is 10.3. The van der Waals surface area contributed by atoms with E-state index in [2.05, 4.69) is 5.10 Å². The minimum absolute atomic E-state index is 0.367. The van der Waals surface area contributed by atoms with Crippen molar-refractivity contribution in [1.29, 1.82) is 0 Å². The van der Waals surface area contributed by atoms with E-state index in [1.807, 2.05) is 0 Å². The molecule has 0 aliphatic heterocycles. The third kappa shape index (κ3) is 5.12. The summed E-state index contributed by atoms with van der Waals surface area (Å²) in [4.78, 5) is 12.2. The quantitative estimate of drug-likeness (QED) is 0.811. The fourth-order valence-electron chi connectivity index (χ4n) is 1.41. The van der Waals surface area contributed by atoms with Gasteiger partial charge in [0.2, 0.25) is 5.91 Å². The molecule has 1 heterocycles. The molecule has 8 heteroatoms. The lowest BCUT2D eigenvalue weighted by molar-refractivity contribution is -0.158. The fourth-order valence-corrected chi connectivity index (χ4v) is 1.41. The van der Waals surface area contributed by atoms with Crippen molar-refractivity contribution in [1.82, 2.24) is 14.7 Å². The van der Waals surface area contributed by atoms with Crippen LogP contribution in [-0.4, -0.2) is 51.6 Å². The van der Waals surface area contributed by atoms with Crippen molar-refractivity contribution in [2.75, 3.05) is 19.7 Å². The smallest absolute Gasteiger partial charge is 0.395 e. The van der Waals surface area contributed by atoms with Gasteiger partial charge in [-0.05, 0) is 12.1 Å². The molecule has 0 saturated heterocycles. The molecule has 0 aliphatic carbocycles. The van der Waals surface area contributed by atoms with Crippen LogP contribution in [0.4, 0.5) is 13.2 Å². The van der Waals surface area contributed by atoms with E-state index < -0.39 is 25.2 Å². The van der Waals surface area contributed by atoms with Crippen LogP contribution in [-0.2, 0) is 11.8 Å². The summed E-state index contributed by atoms with van der Waals surface area (Å²) in [7, 11) is 1.64. The molecule has 1 rings (SSSR count). The fraction of sp³-hybridized carbons (Fsp3) is 0.455. The summed E-state index contributed by atoms with van der Waals surface area (Å²) in [6, 6.07) is 1.62. The molecule has 0 atom stereocenters. The third-order valence-corrected chi connectivity index (χ3v) is 2.31. The SMILES string of the molecule is Cn1nccc1/C=C/C(=O)N(CCO)CC(F)(F)F. The number of aliphatic hydroxyl groups is 1. The van der Waals surface area contributed by atoms with E-state index in [1.165, 1.54) is 17.0 Å². The summed E-state index contributed by atoms with van der Waals surface area (Å²) in [6.45, 7) is -2.28. The average molecular weight is 277 g/mol. The van der Waals surface area contributed by atoms with Crippen molar-refractivity contribution in [3.63, 3.8) is 0 Å². The Morgan fingerprint density at radius 1 is 1.58 bits per heavy atom. The lowest BCUT2D eigenvalue weighted by Crippen LogP contribution is -2.39. The standard InChI is InChI=1S/C11H14F3N3O2/c1-16-9(4-5-15-16)2-3-10(19)17(6-7-18)8-11(12,13)14/h2-5,18H,6-8H2,1H3/b3-2+. The second-order valence-corrected chi connectivity index (χ2v) is 3.81. The minimum Gasteiger partial charge on any atom is -0.395 e. The summed E-state index contributed by atoms with van der Waals surface area (Å²) >= 11 is 0. The van der Waals surface area contributed by atoms with Crippen LogP contribution >= 0.6 is 0 Å². The van der Waals surface area contributed by atoms with Gasteiger partial charge in [-0.3, -0.25) is 9.48 Å². The van der Waals surface area contributed by atoms with Crippen LogP contribution in [0.5, 0.6) is 0 Å². The van der Waals surface area contributed by atoms with E-state index in [9.17, 15) is 18.0 Å². The van der Waals surface area contributed by atoms with Gasteiger partial charge in [0.05, 0.1) is 12.3 Å². The van der Waals surface area contributed by atoms with Gasteiger partial charge in [0.25, 0.3) is 0 Å². The topological polar surface area (TPSA) is 58.4 Å². The number of rotatable bonds is 5. The molecule has 0 bridgehead atoms. The molecule has 1 aromatic heterocycles. The molecule has 0 unspecified atom stereocenters. The van der Waals surface area contributed by atoms with E-state index in [1.54, 1.807) is 13.1 Å². The van der Waals surface area contributed by atoms with Crippen molar-refractivity contribution in [2.24, 2.45) is 7.05 Å². The van der Waals surface area contributed by atoms with Gasteiger partial charge in [-0.25, -0.2) is 0 Å². The van der Waals surface area contributed by atoms with Crippen LogP contribution in [0.1, 0.15) is 5.69 Å². The van der Waals surface area contributed by atoms with Crippen LogP contribution in [0, 0.1) is 0 Å². The maximum atomic E-state index is 12.3. The third-order valence-electron chi connectivity index (χ3n) is 2.31. The Bertz CT molecular complexity index is 454. The monoisotopic (exact) mass is 277 g/mol. The van der Waals surface area contributed by atoms with Gasteiger partial charge in [0.1, 0.15) is 6.54 Å². The lowest BCUT2D eigenvalue weighted by Gasteiger charge is -2.21. The first-order chi connectivity index (χ1) is 8.83. The largest absolute Gasteiger partial charge is 0.406 e. The average Bonchev–Trinajstić information content (AvgIpc) is 2.69. The van der Waals surface area contributed by atoms with Crippen molar-refractivity contribution in [2.45, 2.75) is 6.18 Å². The van der Waals surface area contributed by atoms with Gasteiger partial charge < -0.3 is 10.0 Å². The number of carbonyl (C=O) groups excluding carboxylic acids is 1. The Hall–Kier alpha value is -1.83. The van der Waals surface area contributed by atoms with Crippen molar-refractivity contribution < 1.29 is 23.1 Å². The number of hydrogen-bond donors (Lipinski definition) is 1. The number of nitrogens with zero attached hydrogens (tertiary/aromatic N) is 3. The molecule has 0 aromatic carbocycles. The normalized spacial score (nSPS) is 12.1. The van der Waals surface area contributed by atoms with Gasteiger partial charge in [0.15, 0.2) is 0 Å². The molecule has 19 heavy (non-hydrogen) atoms. The first-order valence-electron chi connectivity index (χ1n) is 5.46. The highest BCUT2D eigenvalue weighted by Crippen LogP contribution is 2.16. The van der Waals surface area contributed by atoms with Crippen LogP contribution in [0.3, 0.4) is 0 Å². The molecular formula is C11H14F3N3O2. The van der Waals surface area contributed by atoms with Crippen LogP contribution < -0.4 is 0 Å².